The van der Waals surface area contributed by atoms with Crippen LogP contribution in [0.2, 0.25) is 0 Å². The van der Waals surface area contributed by atoms with Gasteiger partial charge in [-0.2, -0.15) is 0 Å². The number of benzene rings is 2. The van der Waals surface area contributed by atoms with E-state index in [-0.39, 0.29) is 23.7 Å². The highest BCUT2D eigenvalue weighted by Gasteiger charge is 2.36. The summed E-state index contributed by atoms with van der Waals surface area (Å²) in [6.45, 7) is 0.314. The number of ketones is 1. The molecule has 5 nitrogen and oxygen atoms in total. The first kappa shape index (κ1) is 15.8. The quantitative estimate of drug-likeness (QED) is 0.533. The molecule has 1 fully saturated rings. The van der Waals surface area contributed by atoms with Gasteiger partial charge in [0.2, 0.25) is 0 Å². The van der Waals surface area contributed by atoms with Gasteiger partial charge in [-0.25, -0.2) is 0 Å². The van der Waals surface area contributed by atoms with Gasteiger partial charge in [-0.15, -0.1) is 0 Å². The Hall–Kier alpha value is -3.08. The molecule has 1 aliphatic heterocycles. The Morgan fingerprint density at radius 1 is 1.08 bits per heavy atom. The second-order valence-electron chi connectivity index (χ2n) is 5.52. The summed E-state index contributed by atoms with van der Waals surface area (Å²) in [5, 5.41) is 10.4. The molecule has 0 aromatic heterocycles. The zero-order chi connectivity index (χ0) is 17.1. The van der Waals surface area contributed by atoms with E-state index in [4.69, 9.17) is 4.74 Å². The van der Waals surface area contributed by atoms with E-state index in [2.05, 4.69) is 0 Å². The summed E-state index contributed by atoms with van der Waals surface area (Å²) >= 11 is 0. The minimum Gasteiger partial charge on any atom is -0.506 e. The minimum absolute atomic E-state index is 0.0245. The van der Waals surface area contributed by atoms with Gasteiger partial charge in [0, 0.05) is 12.1 Å². The predicted octanol–water partition coefficient (Wildman–Crippen LogP) is 2.58. The van der Waals surface area contributed by atoms with Crippen LogP contribution in [0.4, 0.5) is 0 Å². The molecule has 2 aromatic rings. The molecule has 1 heterocycles. The normalized spacial score (nSPS) is 16.5. The van der Waals surface area contributed by atoms with Gasteiger partial charge in [-0.1, -0.05) is 30.3 Å². The van der Waals surface area contributed by atoms with Crippen LogP contribution in [0.25, 0.3) is 5.76 Å². The fourth-order valence-electron chi connectivity index (χ4n) is 2.66. The van der Waals surface area contributed by atoms with Crippen LogP contribution in [0.3, 0.4) is 0 Å². The number of likely N-dealkylation sites (tertiary alicyclic amines) is 1. The Kier molecular flexibility index (Phi) is 4.33. The molecule has 122 valence electrons. The molecule has 1 N–H and O–H groups in total. The molecule has 24 heavy (non-hydrogen) atoms. The third-order valence-corrected chi connectivity index (χ3v) is 3.93. The predicted molar refractivity (Wildman–Crippen MR) is 89.4 cm³/mol. The van der Waals surface area contributed by atoms with Crippen molar-refractivity contribution in [2.24, 2.45) is 0 Å². The number of aliphatic hydroxyl groups is 1. The van der Waals surface area contributed by atoms with E-state index in [0.717, 1.165) is 5.56 Å². The summed E-state index contributed by atoms with van der Waals surface area (Å²) in [4.78, 5) is 26.2. The van der Waals surface area contributed by atoms with Crippen LogP contribution in [-0.4, -0.2) is 35.4 Å². The van der Waals surface area contributed by atoms with Crippen molar-refractivity contribution in [1.29, 1.82) is 0 Å². The van der Waals surface area contributed by atoms with Gasteiger partial charge in [0.15, 0.2) is 5.78 Å². The number of aliphatic hydroxyl groups excluding tert-OH is 1. The molecule has 0 unspecified atom stereocenters. The number of hydrogen-bond acceptors (Lipinski definition) is 4. The fraction of sp³-hybridized carbons (Fsp3) is 0.158. The highest BCUT2D eigenvalue weighted by molar-refractivity contribution is 6.28. The van der Waals surface area contributed by atoms with Gasteiger partial charge in [0.1, 0.15) is 17.1 Å². The van der Waals surface area contributed by atoms with Crippen LogP contribution in [0, 0.1) is 0 Å². The first-order valence-corrected chi connectivity index (χ1v) is 7.54. The van der Waals surface area contributed by atoms with E-state index in [1.807, 2.05) is 30.3 Å². The Morgan fingerprint density at radius 2 is 1.75 bits per heavy atom. The summed E-state index contributed by atoms with van der Waals surface area (Å²) in [6, 6.07) is 16.0. The van der Waals surface area contributed by atoms with Gasteiger partial charge in [-0.3, -0.25) is 9.59 Å². The van der Waals surface area contributed by atoms with E-state index in [1.165, 1.54) is 4.90 Å². The number of hydrogen-bond donors (Lipinski definition) is 1. The fourth-order valence-corrected chi connectivity index (χ4v) is 2.66. The first-order chi connectivity index (χ1) is 11.6. The Labute approximate surface area is 139 Å². The number of methoxy groups -OCH3 is 1. The standard InChI is InChI=1S/C19H17NO4/c1-24-15-9-7-14(8-10-15)18(22)17-16(21)12-20(19(17)23)11-13-5-3-2-4-6-13/h2-10,22H,11-12H2,1H3/b18-17+. The van der Waals surface area contributed by atoms with Crippen molar-refractivity contribution in [1.82, 2.24) is 4.90 Å². The Morgan fingerprint density at radius 3 is 2.38 bits per heavy atom. The van der Waals surface area contributed by atoms with Crippen molar-refractivity contribution in [2.45, 2.75) is 6.54 Å². The average molecular weight is 323 g/mol. The summed E-state index contributed by atoms with van der Waals surface area (Å²) < 4.78 is 5.06. The molecule has 2 aromatic carbocycles. The van der Waals surface area contributed by atoms with Gasteiger partial charge >= 0.3 is 0 Å². The second kappa shape index (κ2) is 6.58. The summed E-state index contributed by atoms with van der Waals surface area (Å²) in [5.41, 5.74) is 1.19. The highest BCUT2D eigenvalue weighted by Crippen LogP contribution is 2.25. The van der Waals surface area contributed by atoms with E-state index in [0.29, 0.717) is 17.9 Å². The molecule has 0 saturated carbocycles. The third kappa shape index (κ3) is 3.01. The second-order valence-corrected chi connectivity index (χ2v) is 5.52. The molecule has 1 aliphatic rings. The molecule has 5 heteroatoms. The minimum atomic E-state index is -0.447. The summed E-state index contributed by atoms with van der Waals surface area (Å²) in [6.07, 6.45) is 0. The number of ether oxygens (including phenoxy) is 1. The molecular weight excluding hydrogens is 306 g/mol. The van der Waals surface area contributed by atoms with Crippen molar-refractivity contribution in [3.8, 4) is 5.75 Å². The van der Waals surface area contributed by atoms with Crippen molar-refractivity contribution >= 4 is 17.4 Å². The maximum Gasteiger partial charge on any atom is 0.262 e. The van der Waals surface area contributed by atoms with Gasteiger partial charge < -0.3 is 14.7 Å². The molecule has 0 spiro atoms. The molecule has 0 aliphatic carbocycles. The highest BCUT2D eigenvalue weighted by atomic mass is 16.5. The lowest BCUT2D eigenvalue weighted by atomic mass is 10.1. The van der Waals surface area contributed by atoms with E-state index < -0.39 is 5.91 Å². The summed E-state index contributed by atoms with van der Waals surface area (Å²) in [5.74, 6) is -0.476. The molecule has 0 bridgehead atoms. The van der Waals surface area contributed by atoms with Crippen molar-refractivity contribution in [3.05, 3.63) is 71.3 Å². The van der Waals surface area contributed by atoms with Crippen LogP contribution >= 0.6 is 0 Å². The number of carbonyl (C=O) groups excluding carboxylic acids is 2. The van der Waals surface area contributed by atoms with Crippen LogP contribution in [-0.2, 0) is 16.1 Å². The Balaban J connectivity index is 1.87. The average Bonchev–Trinajstić information content (AvgIpc) is 2.89. The lowest BCUT2D eigenvalue weighted by Crippen LogP contribution is -2.25. The summed E-state index contributed by atoms with van der Waals surface area (Å²) in [7, 11) is 1.54. The van der Waals surface area contributed by atoms with E-state index in [9.17, 15) is 14.7 Å². The largest absolute Gasteiger partial charge is 0.506 e. The molecule has 0 radical (unpaired) electrons. The van der Waals surface area contributed by atoms with Crippen LogP contribution < -0.4 is 4.74 Å². The SMILES string of the molecule is COc1ccc(/C(O)=C2/C(=O)CN(Cc3ccccc3)C2=O)cc1. The van der Waals surface area contributed by atoms with Crippen molar-refractivity contribution in [3.63, 3.8) is 0 Å². The maximum absolute atomic E-state index is 12.5. The third-order valence-electron chi connectivity index (χ3n) is 3.93. The molecule has 3 rings (SSSR count). The lowest BCUT2D eigenvalue weighted by molar-refractivity contribution is -0.125. The van der Waals surface area contributed by atoms with Crippen LogP contribution in [0.15, 0.2) is 60.2 Å². The van der Waals surface area contributed by atoms with Gasteiger partial charge in [0.25, 0.3) is 5.91 Å². The number of amides is 1. The molecular formula is C19H17NO4. The molecule has 1 amide bonds. The Bertz CT molecular complexity index is 794. The number of carbonyl (C=O) groups is 2. The van der Waals surface area contributed by atoms with Crippen molar-refractivity contribution < 1.29 is 19.4 Å². The molecule has 0 atom stereocenters. The number of Topliss-reactive ketones (excluding diaryl/α,β-unsaturated/α-hetero) is 1. The topological polar surface area (TPSA) is 66.8 Å². The first-order valence-electron chi connectivity index (χ1n) is 7.54. The lowest BCUT2D eigenvalue weighted by Gasteiger charge is -2.14. The smallest absolute Gasteiger partial charge is 0.262 e. The van der Waals surface area contributed by atoms with Gasteiger partial charge in [-0.05, 0) is 29.8 Å². The van der Waals surface area contributed by atoms with Crippen LogP contribution in [0.5, 0.6) is 5.75 Å². The van der Waals surface area contributed by atoms with Crippen LogP contribution in [0.1, 0.15) is 11.1 Å². The molecule has 1 saturated heterocycles. The van der Waals surface area contributed by atoms with Crippen molar-refractivity contribution in [2.75, 3.05) is 13.7 Å². The number of nitrogens with zero attached hydrogens (tertiary/aromatic N) is 1. The van der Waals surface area contributed by atoms with E-state index >= 15 is 0 Å². The monoisotopic (exact) mass is 323 g/mol. The number of rotatable bonds is 4. The zero-order valence-corrected chi connectivity index (χ0v) is 13.2. The van der Waals surface area contributed by atoms with Gasteiger partial charge in [0.05, 0.1) is 13.7 Å². The maximum atomic E-state index is 12.5. The zero-order valence-electron chi connectivity index (χ0n) is 13.2. The van der Waals surface area contributed by atoms with E-state index in [1.54, 1.807) is 31.4 Å².